The number of nitrogens with one attached hydrogen (secondary N) is 1. The maximum absolute atomic E-state index is 11.3. The van der Waals surface area contributed by atoms with Crippen molar-refractivity contribution in [2.75, 3.05) is 12.4 Å². The summed E-state index contributed by atoms with van der Waals surface area (Å²) in [5.74, 6) is -1.89. The lowest BCUT2D eigenvalue weighted by Crippen LogP contribution is -2.23. The Hall–Kier alpha value is -2.63. The van der Waals surface area contributed by atoms with E-state index in [1.54, 1.807) is 18.2 Å². The summed E-state index contributed by atoms with van der Waals surface area (Å²) in [5, 5.41) is 3.04. The fraction of sp³-hybridized carbons (Fsp3) is 0.0833. The number of benzene rings is 1. The van der Waals surface area contributed by atoms with Gasteiger partial charge in [-0.25, -0.2) is 9.59 Å². The van der Waals surface area contributed by atoms with Gasteiger partial charge in [-0.3, -0.25) is 4.79 Å². The van der Waals surface area contributed by atoms with E-state index in [9.17, 15) is 14.4 Å². The van der Waals surface area contributed by atoms with Gasteiger partial charge in [0.15, 0.2) is 0 Å². The Labute approximate surface area is 101 Å². The van der Waals surface area contributed by atoms with Crippen molar-refractivity contribution in [3.05, 3.63) is 40.8 Å². The van der Waals surface area contributed by atoms with Crippen molar-refractivity contribution in [3.63, 3.8) is 0 Å². The molecule has 0 fully saturated rings. The highest BCUT2D eigenvalue weighted by Gasteiger charge is 2.13. The van der Waals surface area contributed by atoms with Crippen LogP contribution in [0.15, 0.2) is 39.5 Å². The summed E-state index contributed by atoms with van der Waals surface area (Å²) >= 11 is 0. The first-order valence-corrected chi connectivity index (χ1v) is 5.03. The Morgan fingerprint density at radius 1 is 1.22 bits per heavy atom. The van der Waals surface area contributed by atoms with E-state index in [2.05, 4.69) is 10.1 Å². The molecule has 0 saturated heterocycles. The molecule has 0 atom stereocenters. The predicted molar refractivity (Wildman–Crippen MR) is 63.1 cm³/mol. The molecule has 18 heavy (non-hydrogen) atoms. The van der Waals surface area contributed by atoms with Crippen LogP contribution >= 0.6 is 0 Å². The normalized spacial score (nSPS) is 10.1. The Balaban J connectivity index is 2.32. The molecular formula is C12H9NO5. The van der Waals surface area contributed by atoms with Crippen molar-refractivity contribution >= 4 is 28.5 Å². The van der Waals surface area contributed by atoms with Crippen molar-refractivity contribution < 1.29 is 18.7 Å². The van der Waals surface area contributed by atoms with Gasteiger partial charge in [0.2, 0.25) is 0 Å². The van der Waals surface area contributed by atoms with Gasteiger partial charge in [0.05, 0.1) is 7.11 Å². The van der Waals surface area contributed by atoms with E-state index in [-0.39, 0.29) is 0 Å². The molecule has 0 aliphatic heterocycles. The summed E-state index contributed by atoms with van der Waals surface area (Å²) in [6, 6.07) is 7.61. The van der Waals surface area contributed by atoms with Crippen molar-refractivity contribution in [2.45, 2.75) is 0 Å². The Morgan fingerprint density at radius 2 is 1.94 bits per heavy atom. The minimum atomic E-state index is -0.996. The summed E-state index contributed by atoms with van der Waals surface area (Å²) < 4.78 is 9.21. The van der Waals surface area contributed by atoms with E-state index in [0.717, 1.165) is 7.11 Å². The van der Waals surface area contributed by atoms with Crippen LogP contribution in [-0.2, 0) is 14.3 Å². The van der Waals surface area contributed by atoms with E-state index in [0.29, 0.717) is 16.7 Å². The summed E-state index contributed by atoms with van der Waals surface area (Å²) in [5.41, 5.74) is 0.177. The molecule has 0 aliphatic carbocycles. The second kappa shape index (κ2) is 4.70. The zero-order chi connectivity index (χ0) is 13.1. The van der Waals surface area contributed by atoms with Gasteiger partial charge in [-0.2, -0.15) is 0 Å². The van der Waals surface area contributed by atoms with Crippen molar-refractivity contribution in [2.24, 2.45) is 0 Å². The molecule has 2 aromatic rings. The number of rotatable bonds is 1. The fourth-order valence-electron chi connectivity index (χ4n) is 1.41. The number of anilines is 1. The molecule has 0 saturated carbocycles. The van der Waals surface area contributed by atoms with E-state index in [1.165, 1.54) is 12.1 Å². The third-order valence-corrected chi connectivity index (χ3v) is 2.25. The Bertz CT molecular complexity index is 673. The lowest BCUT2D eigenvalue weighted by Gasteiger charge is -2.04. The number of methoxy groups -OCH3 is 1. The van der Waals surface area contributed by atoms with Crippen LogP contribution in [0.5, 0.6) is 0 Å². The van der Waals surface area contributed by atoms with Gasteiger partial charge in [0.1, 0.15) is 5.58 Å². The summed E-state index contributed by atoms with van der Waals surface area (Å²) in [6.07, 6.45) is 0. The van der Waals surface area contributed by atoms with Gasteiger partial charge < -0.3 is 14.5 Å². The van der Waals surface area contributed by atoms with Gasteiger partial charge in [0, 0.05) is 23.2 Å². The molecule has 1 N–H and O–H groups in total. The molecule has 0 aliphatic rings. The van der Waals surface area contributed by atoms with Crippen LogP contribution < -0.4 is 10.9 Å². The predicted octanol–water partition coefficient (Wildman–Crippen LogP) is 0.904. The summed E-state index contributed by atoms with van der Waals surface area (Å²) in [4.78, 5) is 33.2. The standard InChI is InChI=1S/C12H9NO5/c1-17-12(16)11(15)13-8-4-2-7-3-5-10(14)18-9(7)6-8/h2-6H,1H3,(H,13,15). The van der Waals surface area contributed by atoms with Crippen LogP contribution in [0.1, 0.15) is 0 Å². The van der Waals surface area contributed by atoms with Crippen LogP contribution in [0.2, 0.25) is 0 Å². The Kier molecular flexibility index (Phi) is 3.09. The Morgan fingerprint density at radius 3 is 2.67 bits per heavy atom. The second-order valence-electron chi connectivity index (χ2n) is 3.45. The first-order chi connectivity index (χ1) is 8.60. The molecule has 0 bridgehead atoms. The third-order valence-electron chi connectivity index (χ3n) is 2.25. The largest absolute Gasteiger partial charge is 0.462 e. The monoisotopic (exact) mass is 247 g/mol. The average Bonchev–Trinajstić information content (AvgIpc) is 2.37. The van der Waals surface area contributed by atoms with E-state index in [1.807, 2.05) is 0 Å². The molecule has 1 aromatic heterocycles. The first-order valence-electron chi connectivity index (χ1n) is 5.03. The van der Waals surface area contributed by atoms with Gasteiger partial charge >= 0.3 is 17.5 Å². The number of esters is 1. The van der Waals surface area contributed by atoms with Crippen LogP contribution in [0.25, 0.3) is 11.0 Å². The van der Waals surface area contributed by atoms with E-state index >= 15 is 0 Å². The van der Waals surface area contributed by atoms with Gasteiger partial charge in [-0.15, -0.1) is 0 Å². The summed E-state index contributed by atoms with van der Waals surface area (Å²) in [7, 11) is 1.11. The SMILES string of the molecule is COC(=O)C(=O)Nc1ccc2ccc(=O)oc2c1. The number of hydrogen-bond donors (Lipinski definition) is 1. The number of hydrogen-bond acceptors (Lipinski definition) is 5. The molecule has 6 nitrogen and oxygen atoms in total. The molecule has 1 amide bonds. The van der Waals surface area contributed by atoms with E-state index in [4.69, 9.17) is 4.42 Å². The third kappa shape index (κ3) is 2.37. The minimum absolute atomic E-state index is 0.324. The van der Waals surface area contributed by atoms with Crippen LogP contribution in [-0.4, -0.2) is 19.0 Å². The molecule has 6 heteroatoms. The smallest absolute Gasteiger partial charge is 0.396 e. The van der Waals surface area contributed by atoms with Crippen molar-refractivity contribution in [1.29, 1.82) is 0 Å². The fourth-order valence-corrected chi connectivity index (χ4v) is 1.41. The minimum Gasteiger partial charge on any atom is -0.462 e. The first kappa shape index (κ1) is 11.8. The zero-order valence-electron chi connectivity index (χ0n) is 9.43. The number of ether oxygens (including phenoxy) is 1. The molecule has 92 valence electrons. The van der Waals surface area contributed by atoms with Crippen molar-refractivity contribution in [3.8, 4) is 0 Å². The van der Waals surface area contributed by atoms with Crippen LogP contribution in [0, 0.1) is 0 Å². The van der Waals surface area contributed by atoms with E-state index < -0.39 is 17.5 Å². The molecule has 2 rings (SSSR count). The maximum atomic E-state index is 11.3. The number of carbonyl (C=O) groups excluding carboxylic acids is 2. The van der Waals surface area contributed by atoms with Crippen molar-refractivity contribution in [1.82, 2.24) is 0 Å². The highest BCUT2D eigenvalue weighted by Crippen LogP contribution is 2.17. The second-order valence-corrected chi connectivity index (χ2v) is 3.45. The molecule has 0 radical (unpaired) electrons. The lowest BCUT2D eigenvalue weighted by atomic mass is 10.2. The molecule has 1 aromatic carbocycles. The highest BCUT2D eigenvalue weighted by atomic mass is 16.5. The topological polar surface area (TPSA) is 85.6 Å². The summed E-state index contributed by atoms with van der Waals surface area (Å²) in [6.45, 7) is 0. The molecule has 0 unspecified atom stereocenters. The highest BCUT2D eigenvalue weighted by molar-refractivity contribution is 6.37. The van der Waals surface area contributed by atoms with Gasteiger partial charge in [-0.1, -0.05) is 0 Å². The lowest BCUT2D eigenvalue weighted by molar-refractivity contribution is -0.150. The maximum Gasteiger partial charge on any atom is 0.396 e. The molecule has 0 spiro atoms. The quantitative estimate of drug-likeness (QED) is 0.459. The average molecular weight is 247 g/mol. The molecule has 1 heterocycles. The zero-order valence-corrected chi connectivity index (χ0v) is 9.43. The van der Waals surface area contributed by atoms with Gasteiger partial charge in [0.25, 0.3) is 0 Å². The number of carbonyl (C=O) groups is 2. The van der Waals surface area contributed by atoms with Gasteiger partial charge in [-0.05, 0) is 18.2 Å². The molecular weight excluding hydrogens is 238 g/mol. The van der Waals surface area contributed by atoms with Crippen LogP contribution in [0.4, 0.5) is 5.69 Å². The van der Waals surface area contributed by atoms with Crippen LogP contribution in [0.3, 0.4) is 0 Å². The number of amides is 1. The number of fused-ring (bicyclic) bond motifs is 1.